The van der Waals surface area contributed by atoms with Crippen molar-refractivity contribution in [3.8, 4) is 0 Å². The molecular weight excluding hydrogens is 898 g/mol. The molecule has 0 amide bonds. The van der Waals surface area contributed by atoms with Gasteiger partial charge in [-0.3, -0.25) is 46.8 Å². The van der Waals surface area contributed by atoms with Crippen LogP contribution in [0.5, 0.6) is 0 Å². The second kappa shape index (κ2) is 18.2. The molecule has 3 aliphatic rings. The van der Waals surface area contributed by atoms with Crippen LogP contribution in [0.15, 0.2) is 50.0 Å². The fraction of sp³-hybridized carbons (Fsp3) is 0.567. The van der Waals surface area contributed by atoms with Gasteiger partial charge in [-0.2, -0.15) is 9.97 Å². The molecular formula is C30H40N10O17P2S2. The minimum absolute atomic E-state index is 0.0153. The standard InChI is InChI=1S/C30H40N10O17P2S2/c1-49-22-20(13(8-41)54-27(22)40-11-33-19-24(40)36-28(32)37-25(19)44)56-59(48,61)52-10-15-21(23(50-2)26(55-15)39-6-4-17(43)35-30(39)46)57-58(47,60)51-9-14-12(42)7-18(53-14)38-5-3-16(31)34-29(38)45/h3-6,11-15,18,20-23,26-27,41-42H,7-10H2,1-2H3,(H,47,60)(H,48,61)(H2,31,34,45)(H,35,43,46)(H3,32,36,37,44)/t12-,13+,14+,15+,18+,20+,21+,22+,23+,26+,27+,58?,59?/m0/s1. The van der Waals surface area contributed by atoms with Gasteiger partial charge in [-0.15, -0.1) is 0 Å². The molecule has 9 N–H and O–H groups in total. The van der Waals surface area contributed by atoms with Gasteiger partial charge in [-0.05, 0) is 17.9 Å². The Kier molecular flexibility index (Phi) is 13.5. The highest BCUT2D eigenvalue weighted by molar-refractivity contribution is 8.44. The highest BCUT2D eigenvalue weighted by Gasteiger charge is 2.52. The van der Waals surface area contributed by atoms with E-state index in [2.05, 4.69) is 37.2 Å². The van der Waals surface area contributed by atoms with Gasteiger partial charge in [0.2, 0.25) is 5.95 Å². The third kappa shape index (κ3) is 9.61. The molecule has 4 aromatic heterocycles. The maximum absolute atomic E-state index is 13.8. The molecule has 7 rings (SSSR count). The zero-order chi connectivity index (χ0) is 44.0. The number of nitrogen functional groups attached to an aromatic ring is 2. The summed E-state index contributed by atoms with van der Waals surface area (Å²) in [6.45, 7) is -10.8. The Morgan fingerprint density at radius 1 is 0.902 bits per heavy atom. The second-order valence-corrected chi connectivity index (χ2v) is 19.3. The predicted molar refractivity (Wildman–Crippen MR) is 213 cm³/mol. The van der Waals surface area contributed by atoms with Gasteiger partial charge in [0.25, 0.3) is 11.1 Å². The normalized spacial score (nSPS) is 31.1. The first-order valence-corrected chi connectivity index (χ1v) is 23.2. The van der Waals surface area contributed by atoms with Gasteiger partial charge in [0.05, 0.1) is 32.3 Å². The molecule has 27 nitrogen and oxygen atoms in total. The Labute approximate surface area is 351 Å². The number of methoxy groups -OCH3 is 2. The van der Waals surface area contributed by atoms with Crippen molar-refractivity contribution in [2.45, 2.75) is 73.9 Å². The van der Waals surface area contributed by atoms with Gasteiger partial charge < -0.3 is 54.8 Å². The molecule has 13 atom stereocenters. The Balaban J connectivity index is 1.08. The summed E-state index contributed by atoms with van der Waals surface area (Å²) < 4.78 is 69.3. The zero-order valence-corrected chi connectivity index (χ0v) is 35.2. The van der Waals surface area contributed by atoms with Crippen molar-refractivity contribution in [2.75, 3.05) is 45.5 Å². The molecule has 3 aliphatic heterocycles. The predicted octanol–water partition coefficient (Wildman–Crippen LogP) is -2.39. The van der Waals surface area contributed by atoms with Gasteiger partial charge in [0, 0.05) is 39.1 Å². The SMILES string of the molecule is CO[C@@H]1[C@H](OP(=O)(S)OC[C@H]2O[C@@H](n3ccc(N)nc3=O)C[C@@H]2O)[C@@H](COP(O)(=S)O[C@H]2[C@@H](OC)[C@H](n3cnc4c(=O)[nH]c(N)nc43)O[C@@H]2CO)O[C@H]1n1ccc(=O)[nH]c1=O. The molecule has 61 heavy (non-hydrogen) atoms. The quantitative estimate of drug-likeness (QED) is 0.0429. The Bertz CT molecular complexity index is 2580. The highest BCUT2D eigenvalue weighted by Crippen LogP contribution is 2.57. The summed E-state index contributed by atoms with van der Waals surface area (Å²) in [6.07, 6.45) is -9.98. The number of aromatic nitrogens is 8. The molecule has 3 fully saturated rings. The van der Waals surface area contributed by atoms with Crippen molar-refractivity contribution in [1.29, 1.82) is 0 Å². The van der Waals surface area contributed by atoms with E-state index in [9.17, 15) is 38.8 Å². The summed E-state index contributed by atoms with van der Waals surface area (Å²) >= 11 is 9.47. The lowest BCUT2D eigenvalue weighted by molar-refractivity contribution is -0.0635. The summed E-state index contributed by atoms with van der Waals surface area (Å²) in [4.78, 5) is 77.1. The van der Waals surface area contributed by atoms with Crippen LogP contribution in [0.2, 0.25) is 0 Å². The minimum Gasteiger partial charge on any atom is -0.394 e. The number of ether oxygens (including phenoxy) is 5. The number of nitrogens with two attached hydrogens (primary N) is 2. The van der Waals surface area contributed by atoms with Gasteiger partial charge in [-0.25, -0.2) is 19.1 Å². The van der Waals surface area contributed by atoms with Crippen LogP contribution in [-0.2, 0) is 58.2 Å². The lowest BCUT2D eigenvalue weighted by Gasteiger charge is -2.28. The minimum atomic E-state index is -4.49. The van der Waals surface area contributed by atoms with E-state index in [1.807, 2.05) is 0 Å². The number of hydrogen-bond donors (Lipinski definition) is 8. The number of aromatic amines is 2. The molecule has 7 heterocycles. The highest BCUT2D eigenvalue weighted by atomic mass is 32.7. The lowest BCUT2D eigenvalue weighted by atomic mass is 10.1. The maximum atomic E-state index is 13.8. The number of rotatable bonds is 16. The topological polar surface area (TPSA) is 366 Å². The van der Waals surface area contributed by atoms with Crippen LogP contribution in [0.4, 0.5) is 11.8 Å². The van der Waals surface area contributed by atoms with E-state index in [0.717, 1.165) is 21.4 Å². The van der Waals surface area contributed by atoms with Crippen molar-refractivity contribution in [3.05, 3.63) is 72.5 Å². The molecule has 0 bridgehead atoms. The van der Waals surface area contributed by atoms with E-state index in [-0.39, 0.29) is 29.4 Å². The van der Waals surface area contributed by atoms with Crippen LogP contribution in [-0.4, -0.2) is 137 Å². The van der Waals surface area contributed by atoms with E-state index in [0.29, 0.717) is 0 Å². The summed E-state index contributed by atoms with van der Waals surface area (Å²) in [5.41, 5.74) is 8.28. The van der Waals surface area contributed by atoms with Crippen molar-refractivity contribution < 1.29 is 61.5 Å². The monoisotopic (exact) mass is 938 g/mol. The molecule has 0 spiro atoms. The molecule has 4 aromatic rings. The van der Waals surface area contributed by atoms with Crippen molar-refractivity contribution in [1.82, 2.24) is 38.6 Å². The molecule has 0 aliphatic carbocycles. The number of aliphatic hydroxyl groups is 2. The lowest BCUT2D eigenvalue weighted by Crippen LogP contribution is -2.40. The number of fused-ring (bicyclic) bond motifs is 1. The average molecular weight is 939 g/mol. The summed E-state index contributed by atoms with van der Waals surface area (Å²) in [5.74, 6) is -0.224. The van der Waals surface area contributed by atoms with Gasteiger partial charge >= 0.3 is 24.9 Å². The number of anilines is 2. The van der Waals surface area contributed by atoms with Crippen molar-refractivity contribution >= 4 is 60.5 Å². The number of imidazole rings is 1. The molecule has 31 heteroatoms. The van der Waals surface area contributed by atoms with E-state index in [1.165, 1.54) is 37.4 Å². The number of hydrogen-bond acceptors (Lipinski definition) is 22. The number of aliphatic hydroxyl groups excluding tert-OH is 2. The van der Waals surface area contributed by atoms with Gasteiger partial charge in [0.15, 0.2) is 23.6 Å². The van der Waals surface area contributed by atoms with Gasteiger partial charge in [0.1, 0.15) is 54.8 Å². The number of thiol groups is 1. The first-order valence-electron chi connectivity index (χ1n) is 17.9. The molecule has 0 saturated carbocycles. The maximum Gasteiger partial charge on any atom is 0.386 e. The van der Waals surface area contributed by atoms with Crippen molar-refractivity contribution in [2.24, 2.45) is 0 Å². The van der Waals surface area contributed by atoms with Crippen LogP contribution in [0, 0.1) is 0 Å². The largest absolute Gasteiger partial charge is 0.394 e. The Morgan fingerprint density at radius 2 is 1.56 bits per heavy atom. The summed E-state index contributed by atoms with van der Waals surface area (Å²) in [7, 11) is 2.51. The average Bonchev–Trinajstić information content (AvgIpc) is 3.95. The van der Waals surface area contributed by atoms with E-state index >= 15 is 0 Å². The molecule has 0 aromatic carbocycles. The van der Waals surface area contributed by atoms with Crippen LogP contribution < -0.4 is 34.0 Å². The van der Waals surface area contributed by atoms with Crippen LogP contribution in [0.25, 0.3) is 11.2 Å². The van der Waals surface area contributed by atoms with E-state index in [1.54, 1.807) is 0 Å². The number of H-pyrrole nitrogens is 2. The molecule has 2 unspecified atom stereocenters. The Hall–Kier alpha value is -3.74. The smallest absolute Gasteiger partial charge is 0.386 e. The third-order valence-electron chi connectivity index (χ3n) is 9.83. The van der Waals surface area contributed by atoms with E-state index < -0.39 is 123 Å². The Morgan fingerprint density at radius 3 is 2.23 bits per heavy atom. The zero-order valence-electron chi connectivity index (χ0n) is 31.7. The van der Waals surface area contributed by atoms with Crippen LogP contribution >= 0.6 is 25.8 Å². The molecule has 334 valence electrons. The molecule has 0 radical (unpaired) electrons. The van der Waals surface area contributed by atoms with Gasteiger partial charge in [-0.1, -0.05) is 12.2 Å². The summed E-state index contributed by atoms with van der Waals surface area (Å²) in [5, 5.41) is 20.9. The molecule has 3 saturated heterocycles. The van der Waals surface area contributed by atoms with E-state index in [4.69, 9.17) is 65.1 Å². The van der Waals surface area contributed by atoms with Crippen LogP contribution in [0.1, 0.15) is 25.1 Å². The fourth-order valence-corrected chi connectivity index (χ4v) is 9.97. The number of nitrogens with zero attached hydrogens (tertiary/aromatic N) is 6. The first kappa shape index (κ1) is 45.3. The second-order valence-electron chi connectivity index (χ2n) is 13.6. The summed E-state index contributed by atoms with van der Waals surface area (Å²) in [6, 6.07) is 2.41. The number of nitrogens with one attached hydrogen (secondary N) is 2. The van der Waals surface area contributed by atoms with Crippen LogP contribution in [0.3, 0.4) is 0 Å². The first-order chi connectivity index (χ1) is 28.9. The van der Waals surface area contributed by atoms with Crippen molar-refractivity contribution in [3.63, 3.8) is 0 Å². The third-order valence-corrected chi connectivity index (χ3v) is 13.0. The fourth-order valence-electron chi connectivity index (χ4n) is 7.04.